The fraction of sp³-hybridized carbons (Fsp3) is 0.600. The molecule has 0 aliphatic heterocycles. The summed E-state index contributed by atoms with van der Waals surface area (Å²) in [5.41, 5.74) is 7.23. The Morgan fingerprint density at radius 1 is 1.33 bits per heavy atom. The zero-order valence-electron chi connectivity index (χ0n) is 13.3. The van der Waals surface area contributed by atoms with Crippen LogP contribution in [0.5, 0.6) is 0 Å². The van der Waals surface area contributed by atoms with Crippen LogP contribution in [-0.4, -0.2) is 24.5 Å². The maximum Gasteiger partial charge on any atom is 0.341 e. The second-order valence-electron chi connectivity index (χ2n) is 5.17. The first-order chi connectivity index (χ1) is 9.83. The minimum Gasteiger partial charge on any atom is -0.462 e. The third-order valence-corrected chi connectivity index (χ3v) is 4.36. The first-order valence-electron chi connectivity index (χ1n) is 7.19. The van der Waals surface area contributed by atoms with E-state index in [-0.39, 0.29) is 11.8 Å². The highest BCUT2D eigenvalue weighted by molar-refractivity contribution is 7.16. The van der Waals surface area contributed by atoms with Gasteiger partial charge in [-0.05, 0) is 31.7 Å². The molecule has 21 heavy (non-hydrogen) atoms. The molecule has 0 spiro atoms. The Morgan fingerprint density at radius 2 is 1.95 bits per heavy atom. The summed E-state index contributed by atoms with van der Waals surface area (Å²) in [5.74, 6) is -0.644. The Morgan fingerprint density at radius 3 is 2.43 bits per heavy atom. The van der Waals surface area contributed by atoms with Gasteiger partial charge in [0, 0.05) is 4.88 Å². The molecule has 1 heterocycles. The lowest BCUT2D eigenvalue weighted by Crippen LogP contribution is -2.39. The molecule has 1 amide bonds. The van der Waals surface area contributed by atoms with Crippen LogP contribution in [0.15, 0.2) is 0 Å². The van der Waals surface area contributed by atoms with Crippen LogP contribution in [0.1, 0.15) is 48.5 Å². The SMILES string of the molecule is CCOC(=O)c1c(NC(=O)[C@H](N)C(C)C)sc(C)c1CC. The lowest BCUT2D eigenvalue weighted by Gasteiger charge is -2.15. The number of nitrogens with one attached hydrogen (secondary N) is 1. The largest absolute Gasteiger partial charge is 0.462 e. The number of nitrogens with two attached hydrogens (primary N) is 1. The summed E-state index contributed by atoms with van der Waals surface area (Å²) < 4.78 is 5.10. The van der Waals surface area contributed by atoms with Gasteiger partial charge >= 0.3 is 5.97 Å². The summed E-state index contributed by atoms with van der Waals surface area (Å²) in [5, 5.41) is 3.31. The minimum absolute atomic E-state index is 0.0303. The zero-order valence-corrected chi connectivity index (χ0v) is 14.1. The van der Waals surface area contributed by atoms with Crippen LogP contribution < -0.4 is 11.1 Å². The van der Waals surface area contributed by atoms with Crippen molar-refractivity contribution in [1.82, 2.24) is 0 Å². The van der Waals surface area contributed by atoms with Gasteiger partial charge in [0.05, 0.1) is 18.2 Å². The molecule has 0 radical (unpaired) electrons. The second-order valence-corrected chi connectivity index (χ2v) is 6.40. The highest BCUT2D eigenvalue weighted by Crippen LogP contribution is 2.34. The van der Waals surface area contributed by atoms with Crippen LogP contribution >= 0.6 is 11.3 Å². The van der Waals surface area contributed by atoms with E-state index < -0.39 is 12.0 Å². The van der Waals surface area contributed by atoms with Crippen LogP contribution in [0.2, 0.25) is 0 Å². The first-order valence-corrected chi connectivity index (χ1v) is 8.00. The summed E-state index contributed by atoms with van der Waals surface area (Å²) in [4.78, 5) is 25.3. The van der Waals surface area contributed by atoms with E-state index >= 15 is 0 Å². The van der Waals surface area contributed by atoms with Crippen LogP contribution in [0.3, 0.4) is 0 Å². The average molecular weight is 312 g/mol. The van der Waals surface area contributed by atoms with Gasteiger partial charge in [-0.3, -0.25) is 4.79 Å². The van der Waals surface area contributed by atoms with E-state index in [4.69, 9.17) is 10.5 Å². The Bertz CT molecular complexity index is 523. The zero-order chi connectivity index (χ0) is 16.2. The molecule has 6 heteroatoms. The Kier molecular flexibility index (Phi) is 6.36. The number of ether oxygens (including phenoxy) is 1. The lowest BCUT2D eigenvalue weighted by atomic mass is 10.0. The molecule has 0 aromatic carbocycles. The van der Waals surface area contributed by atoms with Gasteiger partial charge in [-0.1, -0.05) is 20.8 Å². The Balaban J connectivity index is 3.12. The highest BCUT2D eigenvalue weighted by Gasteiger charge is 2.25. The van der Waals surface area contributed by atoms with Gasteiger partial charge in [0.15, 0.2) is 0 Å². The molecular weight excluding hydrogens is 288 g/mol. The number of aryl methyl sites for hydroxylation is 1. The smallest absolute Gasteiger partial charge is 0.341 e. The van der Waals surface area contributed by atoms with E-state index in [9.17, 15) is 9.59 Å². The molecule has 5 nitrogen and oxygen atoms in total. The maximum absolute atomic E-state index is 12.1. The Hall–Kier alpha value is -1.40. The normalized spacial score (nSPS) is 12.3. The second kappa shape index (κ2) is 7.56. The van der Waals surface area contributed by atoms with Crippen molar-refractivity contribution >= 4 is 28.2 Å². The van der Waals surface area contributed by atoms with Gasteiger partial charge < -0.3 is 15.8 Å². The van der Waals surface area contributed by atoms with E-state index in [1.54, 1.807) is 6.92 Å². The van der Waals surface area contributed by atoms with E-state index in [0.29, 0.717) is 23.6 Å². The summed E-state index contributed by atoms with van der Waals surface area (Å²) in [7, 11) is 0. The molecular formula is C15H24N2O3S. The predicted molar refractivity (Wildman–Crippen MR) is 85.8 cm³/mol. The van der Waals surface area contributed by atoms with E-state index in [1.165, 1.54) is 11.3 Å². The number of thiophene rings is 1. The molecule has 0 unspecified atom stereocenters. The number of amides is 1. The summed E-state index contributed by atoms with van der Waals surface area (Å²) >= 11 is 1.39. The number of hydrogen-bond donors (Lipinski definition) is 2. The average Bonchev–Trinajstić information content (AvgIpc) is 2.73. The molecule has 3 N–H and O–H groups in total. The molecule has 0 aliphatic rings. The summed E-state index contributed by atoms with van der Waals surface area (Å²) in [6, 6.07) is -0.604. The summed E-state index contributed by atoms with van der Waals surface area (Å²) in [6.45, 7) is 9.74. The van der Waals surface area contributed by atoms with E-state index in [2.05, 4.69) is 5.32 Å². The number of carbonyl (C=O) groups excluding carboxylic acids is 2. The van der Waals surface area contributed by atoms with Crippen molar-refractivity contribution in [3.05, 3.63) is 16.0 Å². The molecule has 0 saturated heterocycles. The van der Waals surface area contributed by atoms with Gasteiger partial charge in [0.1, 0.15) is 5.00 Å². The molecule has 1 rings (SSSR count). The predicted octanol–water partition coefficient (Wildman–Crippen LogP) is 2.72. The highest BCUT2D eigenvalue weighted by atomic mass is 32.1. The molecule has 1 atom stereocenters. The van der Waals surface area contributed by atoms with Crippen molar-refractivity contribution in [1.29, 1.82) is 0 Å². The van der Waals surface area contributed by atoms with Crippen molar-refractivity contribution in [3.63, 3.8) is 0 Å². The third kappa shape index (κ3) is 4.04. The number of esters is 1. The molecule has 118 valence electrons. The van der Waals surface area contributed by atoms with Gasteiger partial charge in [0.25, 0.3) is 0 Å². The van der Waals surface area contributed by atoms with Crippen LogP contribution in [-0.2, 0) is 16.0 Å². The molecule has 0 fully saturated rings. The van der Waals surface area contributed by atoms with Crippen LogP contribution in [0, 0.1) is 12.8 Å². The minimum atomic E-state index is -0.604. The number of hydrogen-bond acceptors (Lipinski definition) is 5. The molecule has 0 bridgehead atoms. The van der Waals surface area contributed by atoms with Gasteiger partial charge in [-0.2, -0.15) is 0 Å². The topological polar surface area (TPSA) is 81.4 Å². The molecule has 1 aromatic rings. The standard InChI is InChI=1S/C15H24N2O3S/c1-6-10-9(5)21-14(11(10)15(19)20-7-2)17-13(18)12(16)8(3)4/h8,12H,6-7,16H2,1-5H3,(H,17,18)/t12-/m1/s1. The molecule has 0 saturated carbocycles. The van der Waals surface area contributed by atoms with Gasteiger partial charge in [-0.25, -0.2) is 4.79 Å². The number of anilines is 1. The molecule has 1 aromatic heterocycles. The first kappa shape index (κ1) is 17.7. The maximum atomic E-state index is 12.1. The lowest BCUT2D eigenvalue weighted by molar-refractivity contribution is -0.118. The summed E-state index contributed by atoms with van der Waals surface area (Å²) in [6.07, 6.45) is 0.711. The van der Waals surface area contributed by atoms with Crippen molar-refractivity contribution in [3.8, 4) is 0 Å². The van der Waals surface area contributed by atoms with Crippen molar-refractivity contribution in [2.45, 2.75) is 47.1 Å². The quantitative estimate of drug-likeness (QED) is 0.791. The monoisotopic (exact) mass is 312 g/mol. The van der Waals surface area contributed by atoms with Crippen molar-refractivity contribution in [2.75, 3.05) is 11.9 Å². The third-order valence-electron chi connectivity index (χ3n) is 3.30. The van der Waals surface area contributed by atoms with Crippen molar-refractivity contribution < 1.29 is 14.3 Å². The van der Waals surface area contributed by atoms with Crippen molar-refractivity contribution in [2.24, 2.45) is 11.7 Å². The molecule has 0 aliphatic carbocycles. The Labute approximate surface area is 129 Å². The van der Waals surface area contributed by atoms with E-state index in [1.807, 2.05) is 27.7 Å². The fourth-order valence-electron chi connectivity index (χ4n) is 2.01. The van der Waals surface area contributed by atoms with Gasteiger partial charge in [0.2, 0.25) is 5.91 Å². The number of carbonyl (C=O) groups is 2. The number of rotatable bonds is 6. The van der Waals surface area contributed by atoms with E-state index in [0.717, 1.165) is 10.4 Å². The fourth-order valence-corrected chi connectivity index (χ4v) is 3.15. The van der Waals surface area contributed by atoms with Crippen LogP contribution in [0.25, 0.3) is 0 Å². The van der Waals surface area contributed by atoms with Gasteiger partial charge in [-0.15, -0.1) is 11.3 Å². The van der Waals surface area contributed by atoms with Crippen LogP contribution in [0.4, 0.5) is 5.00 Å².